The van der Waals surface area contributed by atoms with E-state index in [1.165, 1.54) is 11.1 Å². The Morgan fingerprint density at radius 3 is 2.14 bits per heavy atom. The zero-order valence-corrected chi connectivity index (χ0v) is 32.8. The molecule has 9 rings (SSSR count). The van der Waals surface area contributed by atoms with Gasteiger partial charge in [0.2, 0.25) is 11.8 Å². The van der Waals surface area contributed by atoms with Crippen molar-refractivity contribution in [2.24, 2.45) is 0 Å². The first-order valence-electron chi connectivity index (χ1n) is 20.7. The lowest BCUT2D eigenvalue weighted by Crippen LogP contribution is -2.54. The number of hydrogen-bond acceptors (Lipinski definition) is 9. The van der Waals surface area contributed by atoms with Gasteiger partial charge in [0.25, 0.3) is 11.8 Å². The number of anilines is 1. The van der Waals surface area contributed by atoms with Crippen LogP contribution >= 0.6 is 0 Å². The number of piperidine rings is 2. The van der Waals surface area contributed by atoms with Gasteiger partial charge in [-0.2, -0.15) is 0 Å². The van der Waals surface area contributed by atoms with Crippen LogP contribution in [0.1, 0.15) is 82.9 Å². The molecule has 0 aromatic heterocycles. The summed E-state index contributed by atoms with van der Waals surface area (Å²) in [4.78, 5) is 59.4. The average molecular weight is 780 g/mol. The smallest absolute Gasteiger partial charge is 0.262 e. The Morgan fingerprint density at radius 1 is 0.759 bits per heavy atom. The quantitative estimate of drug-likeness (QED) is 0.140. The summed E-state index contributed by atoms with van der Waals surface area (Å²) in [6.45, 7) is 7.62. The number of hydrogen-bond donors (Lipinski definition) is 2. The number of imide groups is 2. The minimum atomic E-state index is -0.961. The second-order valence-corrected chi connectivity index (χ2v) is 16.1. The fraction of sp³-hybridized carbons (Fsp3) is 0.362. The molecule has 0 aliphatic carbocycles. The van der Waals surface area contributed by atoms with E-state index in [2.05, 4.69) is 75.5 Å². The molecule has 4 fully saturated rings. The molecule has 4 aromatic rings. The minimum Gasteiger partial charge on any atom is -0.508 e. The number of rotatable bonds is 11. The molecule has 11 nitrogen and oxygen atoms in total. The predicted octanol–water partition coefficient (Wildman–Crippen LogP) is 5.97. The highest BCUT2D eigenvalue weighted by Crippen LogP contribution is 2.40. The van der Waals surface area contributed by atoms with Gasteiger partial charge in [-0.05, 0) is 115 Å². The van der Waals surface area contributed by atoms with Gasteiger partial charge >= 0.3 is 0 Å². The van der Waals surface area contributed by atoms with Crippen LogP contribution in [-0.2, 0) is 9.59 Å². The van der Waals surface area contributed by atoms with E-state index in [0.29, 0.717) is 35.9 Å². The molecule has 58 heavy (non-hydrogen) atoms. The van der Waals surface area contributed by atoms with Crippen molar-refractivity contribution in [2.75, 3.05) is 44.2 Å². The van der Waals surface area contributed by atoms with Gasteiger partial charge in [-0.1, -0.05) is 61.5 Å². The molecule has 298 valence electrons. The molecular weight excluding hydrogens is 731 g/mol. The molecule has 4 saturated heterocycles. The molecule has 2 bridgehead atoms. The number of fused-ring (bicyclic) bond motifs is 3. The highest BCUT2D eigenvalue weighted by molar-refractivity contribution is 6.23. The molecule has 11 heteroatoms. The molecule has 4 aromatic carbocycles. The summed E-state index contributed by atoms with van der Waals surface area (Å²) in [6, 6.07) is 32.1. The molecule has 4 amide bonds. The largest absolute Gasteiger partial charge is 0.508 e. The molecule has 5 aliphatic heterocycles. The fourth-order valence-corrected chi connectivity index (χ4v) is 9.89. The van der Waals surface area contributed by atoms with Crippen LogP contribution in [0.25, 0.3) is 11.1 Å². The molecule has 5 aliphatic rings. The average Bonchev–Trinajstić information content (AvgIpc) is 3.93. The van der Waals surface area contributed by atoms with Crippen molar-refractivity contribution in [1.82, 2.24) is 20.0 Å². The normalized spacial score (nSPS) is 23.0. The summed E-state index contributed by atoms with van der Waals surface area (Å²) in [5.74, 6) is -0.805. The summed E-state index contributed by atoms with van der Waals surface area (Å²) in [7, 11) is 0. The SMILES string of the molecule is CC/C(=C(\c1ccc(O)cc1)c1ccc(OCCN2CCC(N3CC4CC3CN4c3ccc4c(c3)C(=O)N(C3CCC(=O)NC3=O)C4=O)CC2)cc1)c1ccccc1. The third kappa shape index (κ3) is 7.17. The van der Waals surface area contributed by atoms with Gasteiger partial charge in [0.15, 0.2) is 0 Å². The first-order chi connectivity index (χ1) is 28.2. The van der Waals surface area contributed by atoms with Gasteiger partial charge in [-0.3, -0.25) is 39.2 Å². The molecule has 0 spiro atoms. The second-order valence-electron chi connectivity index (χ2n) is 16.1. The summed E-state index contributed by atoms with van der Waals surface area (Å²) >= 11 is 0. The van der Waals surface area contributed by atoms with E-state index < -0.39 is 23.8 Å². The van der Waals surface area contributed by atoms with E-state index in [9.17, 15) is 24.3 Å². The number of carbonyl (C=O) groups is 4. The first kappa shape index (κ1) is 37.8. The van der Waals surface area contributed by atoms with Gasteiger partial charge < -0.3 is 14.7 Å². The van der Waals surface area contributed by atoms with Gasteiger partial charge in [0.05, 0.1) is 11.1 Å². The van der Waals surface area contributed by atoms with Crippen molar-refractivity contribution in [3.63, 3.8) is 0 Å². The molecule has 2 N–H and O–H groups in total. The number of benzene rings is 4. The van der Waals surface area contributed by atoms with Crippen LogP contribution in [0.3, 0.4) is 0 Å². The Hall–Kier alpha value is -5.78. The monoisotopic (exact) mass is 779 g/mol. The summed E-state index contributed by atoms with van der Waals surface area (Å²) < 4.78 is 6.26. The maximum atomic E-state index is 13.4. The van der Waals surface area contributed by atoms with Crippen LogP contribution in [0.15, 0.2) is 97.1 Å². The summed E-state index contributed by atoms with van der Waals surface area (Å²) in [6.07, 6.45) is 4.44. The highest BCUT2D eigenvalue weighted by atomic mass is 16.5. The van der Waals surface area contributed by atoms with Crippen molar-refractivity contribution >= 4 is 40.5 Å². The Bertz CT molecular complexity index is 2250. The number of ether oxygens (including phenoxy) is 1. The van der Waals surface area contributed by atoms with E-state index in [4.69, 9.17) is 4.74 Å². The molecular formula is C47H49N5O6. The molecule has 0 radical (unpaired) electrons. The van der Waals surface area contributed by atoms with Gasteiger partial charge in [-0.25, -0.2) is 0 Å². The summed E-state index contributed by atoms with van der Waals surface area (Å²) in [5, 5.41) is 12.2. The van der Waals surface area contributed by atoms with Crippen molar-refractivity contribution < 1.29 is 29.0 Å². The van der Waals surface area contributed by atoms with E-state index in [1.807, 2.05) is 30.3 Å². The third-order valence-corrected chi connectivity index (χ3v) is 12.8. The van der Waals surface area contributed by atoms with Gasteiger partial charge in [-0.15, -0.1) is 0 Å². The number of phenolic OH excluding ortho intramolecular Hbond substituents is 1. The van der Waals surface area contributed by atoms with Gasteiger partial charge in [0.1, 0.15) is 24.1 Å². The number of piperazine rings is 1. The van der Waals surface area contributed by atoms with E-state index in [-0.39, 0.29) is 24.5 Å². The van der Waals surface area contributed by atoms with Crippen molar-refractivity contribution in [2.45, 2.75) is 69.6 Å². The minimum absolute atomic E-state index is 0.102. The van der Waals surface area contributed by atoms with Crippen LogP contribution in [0.5, 0.6) is 11.5 Å². The lowest BCUT2D eigenvalue weighted by atomic mass is 9.88. The maximum absolute atomic E-state index is 13.4. The third-order valence-electron chi connectivity index (χ3n) is 12.8. The van der Waals surface area contributed by atoms with Crippen LogP contribution in [0, 0.1) is 0 Å². The number of carbonyl (C=O) groups excluding carboxylic acids is 4. The van der Waals surface area contributed by atoms with Crippen molar-refractivity contribution in [3.05, 3.63) is 125 Å². The maximum Gasteiger partial charge on any atom is 0.262 e. The zero-order chi connectivity index (χ0) is 39.9. The Morgan fingerprint density at radius 2 is 1.47 bits per heavy atom. The highest BCUT2D eigenvalue weighted by Gasteiger charge is 2.48. The number of likely N-dealkylation sites (tertiary alicyclic amines) is 2. The standard InChI is InChI=1S/C47H49N5O6/c1-2-39(30-6-4-3-5-7-30)44(31-8-13-37(53)14-9-31)32-10-15-38(16-11-32)58-25-24-49-22-20-33(21-23-49)50-28-36-26-35(50)29-51(36)34-12-17-40-41(27-34)47(57)52(46(40)56)42-18-19-43(54)48-45(42)55/h3-17,27,33,35-36,42,53H,2,18-26,28-29H2,1H3,(H,48,54,55)/b44-39-. The number of aromatic hydroxyl groups is 1. The number of phenols is 1. The zero-order valence-electron chi connectivity index (χ0n) is 32.8. The Kier molecular flexibility index (Phi) is 10.3. The van der Waals surface area contributed by atoms with Crippen LogP contribution < -0.4 is 15.0 Å². The van der Waals surface area contributed by atoms with Crippen molar-refractivity contribution in [3.8, 4) is 11.5 Å². The predicted molar refractivity (Wildman–Crippen MR) is 222 cm³/mol. The van der Waals surface area contributed by atoms with E-state index >= 15 is 0 Å². The van der Waals surface area contributed by atoms with Crippen LogP contribution in [0.4, 0.5) is 5.69 Å². The molecule has 3 unspecified atom stereocenters. The number of nitrogens with zero attached hydrogens (tertiary/aromatic N) is 4. The molecule has 3 atom stereocenters. The van der Waals surface area contributed by atoms with Crippen molar-refractivity contribution in [1.29, 1.82) is 0 Å². The summed E-state index contributed by atoms with van der Waals surface area (Å²) in [5.41, 5.74) is 7.35. The van der Waals surface area contributed by atoms with E-state index in [1.54, 1.807) is 18.2 Å². The number of amides is 4. The molecule has 0 saturated carbocycles. The van der Waals surface area contributed by atoms with E-state index in [0.717, 1.165) is 91.4 Å². The van der Waals surface area contributed by atoms with Gasteiger partial charge in [0, 0.05) is 49.9 Å². The van der Waals surface area contributed by atoms with Crippen LogP contribution in [-0.4, -0.2) is 107 Å². The topological polar surface area (TPSA) is 123 Å². The molecule has 5 heterocycles. The Labute approximate surface area is 338 Å². The Balaban J connectivity index is 0.767. The number of nitrogens with one attached hydrogen (secondary N) is 1. The fourth-order valence-electron chi connectivity index (χ4n) is 9.89. The number of allylic oxidation sites excluding steroid dienone is 1. The lowest BCUT2D eigenvalue weighted by molar-refractivity contribution is -0.136. The van der Waals surface area contributed by atoms with Crippen LogP contribution in [0.2, 0.25) is 0 Å². The first-order valence-corrected chi connectivity index (χ1v) is 20.7. The lowest BCUT2D eigenvalue weighted by Gasteiger charge is -2.43. The second kappa shape index (κ2) is 15.9.